The Balaban J connectivity index is 1.82. The maximum absolute atomic E-state index is 13.1. The molecule has 0 aliphatic carbocycles. The molecule has 24 heavy (non-hydrogen) atoms. The van der Waals surface area contributed by atoms with E-state index in [1.165, 1.54) is 12.1 Å². The number of amides is 1. The molecule has 0 fully saturated rings. The van der Waals surface area contributed by atoms with E-state index in [9.17, 15) is 9.18 Å². The van der Waals surface area contributed by atoms with Gasteiger partial charge in [-0.1, -0.05) is 28.9 Å². The van der Waals surface area contributed by atoms with Crippen molar-refractivity contribution in [2.45, 2.75) is 13.5 Å². The van der Waals surface area contributed by atoms with Crippen LogP contribution in [-0.2, 0) is 6.54 Å². The highest BCUT2D eigenvalue weighted by Gasteiger charge is 2.21. The molecule has 0 saturated carbocycles. The van der Waals surface area contributed by atoms with Crippen molar-refractivity contribution in [3.05, 3.63) is 76.3 Å². The van der Waals surface area contributed by atoms with Crippen molar-refractivity contribution in [2.24, 2.45) is 0 Å². The molecule has 4 nitrogen and oxygen atoms in total. The number of halogens is 2. The van der Waals surface area contributed by atoms with E-state index in [1.54, 1.807) is 31.2 Å². The average Bonchev–Trinajstić information content (AvgIpc) is 2.95. The van der Waals surface area contributed by atoms with E-state index in [-0.39, 0.29) is 11.7 Å². The van der Waals surface area contributed by atoms with E-state index in [4.69, 9.17) is 16.1 Å². The Hall–Kier alpha value is -2.66. The van der Waals surface area contributed by atoms with E-state index in [1.807, 2.05) is 12.1 Å². The lowest BCUT2D eigenvalue weighted by atomic mass is 10.1. The van der Waals surface area contributed by atoms with Gasteiger partial charge in [0.05, 0.1) is 0 Å². The molecule has 0 aliphatic rings. The average molecular weight is 345 g/mol. The summed E-state index contributed by atoms with van der Waals surface area (Å²) in [5.41, 5.74) is 2.22. The first-order valence-electron chi connectivity index (χ1n) is 7.29. The first kappa shape index (κ1) is 16.2. The number of nitrogens with one attached hydrogen (secondary N) is 1. The highest BCUT2D eigenvalue weighted by atomic mass is 35.5. The van der Waals surface area contributed by atoms with Crippen LogP contribution in [0.5, 0.6) is 0 Å². The van der Waals surface area contributed by atoms with Crippen LogP contribution in [0.4, 0.5) is 4.39 Å². The maximum Gasteiger partial charge on any atom is 0.257 e. The maximum atomic E-state index is 13.1. The Morgan fingerprint density at radius 1 is 1.25 bits per heavy atom. The Bertz CT molecular complexity index is 875. The lowest BCUT2D eigenvalue weighted by Crippen LogP contribution is -2.23. The van der Waals surface area contributed by atoms with Crippen molar-refractivity contribution in [1.82, 2.24) is 10.5 Å². The molecule has 0 radical (unpaired) electrons. The Kier molecular flexibility index (Phi) is 4.62. The number of aryl methyl sites for hydroxylation is 1. The number of nitrogens with zero attached hydrogens (tertiary/aromatic N) is 1. The van der Waals surface area contributed by atoms with Crippen molar-refractivity contribution >= 4 is 17.5 Å². The smallest absolute Gasteiger partial charge is 0.257 e. The van der Waals surface area contributed by atoms with Crippen LogP contribution < -0.4 is 5.32 Å². The molecular formula is C18H14ClFN2O2. The Morgan fingerprint density at radius 2 is 2.00 bits per heavy atom. The summed E-state index contributed by atoms with van der Waals surface area (Å²) in [6.07, 6.45) is 0. The van der Waals surface area contributed by atoms with E-state index in [0.29, 0.717) is 34.1 Å². The van der Waals surface area contributed by atoms with Crippen LogP contribution in [0.25, 0.3) is 11.3 Å². The first-order valence-corrected chi connectivity index (χ1v) is 7.67. The zero-order valence-electron chi connectivity index (χ0n) is 12.8. The van der Waals surface area contributed by atoms with Crippen LogP contribution in [0.15, 0.2) is 53.1 Å². The molecule has 0 bridgehead atoms. The zero-order chi connectivity index (χ0) is 17.1. The third-order valence-electron chi connectivity index (χ3n) is 3.55. The third-order valence-corrected chi connectivity index (χ3v) is 3.78. The van der Waals surface area contributed by atoms with Gasteiger partial charge in [-0.05, 0) is 48.9 Å². The number of hydrogen-bond donors (Lipinski definition) is 1. The Labute approximate surface area is 143 Å². The predicted octanol–water partition coefficient (Wildman–Crippen LogP) is 4.37. The largest absolute Gasteiger partial charge is 0.360 e. The molecule has 0 aliphatic heterocycles. The summed E-state index contributed by atoms with van der Waals surface area (Å²) in [5, 5.41) is 7.35. The minimum Gasteiger partial charge on any atom is -0.360 e. The molecule has 1 N–H and O–H groups in total. The van der Waals surface area contributed by atoms with E-state index >= 15 is 0 Å². The van der Waals surface area contributed by atoms with Crippen molar-refractivity contribution < 1.29 is 13.7 Å². The van der Waals surface area contributed by atoms with Gasteiger partial charge < -0.3 is 9.84 Å². The minimum atomic E-state index is -0.356. The zero-order valence-corrected chi connectivity index (χ0v) is 13.6. The van der Waals surface area contributed by atoms with Crippen LogP contribution >= 0.6 is 11.6 Å². The van der Waals surface area contributed by atoms with Crippen LogP contribution in [0.2, 0.25) is 5.02 Å². The van der Waals surface area contributed by atoms with Crippen molar-refractivity contribution in [1.29, 1.82) is 0 Å². The normalized spacial score (nSPS) is 10.6. The summed E-state index contributed by atoms with van der Waals surface area (Å²) >= 11 is 5.93. The van der Waals surface area contributed by atoms with E-state index in [2.05, 4.69) is 10.5 Å². The molecule has 0 spiro atoms. The minimum absolute atomic E-state index is 0.312. The molecule has 1 aromatic heterocycles. The summed E-state index contributed by atoms with van der Waals surface area (Å²) in [7, 11) is 0. The van der Waals surface area contributed by atoms with Gasteiger partial charge in [-0.3, -0.25) is 4.79 Å². The first-order chi connectivity index (χ1) is 11.5. The summed E-state index contributed by atoms with van der Waals surface area (Å²) in [5.74, 6) is -0.267. The van der Waals surface area contributed by atoms with Crippen molar-refractivity contribution in [2.75, 3.05) is 0 Å². The standard InChI is InChI=1S/C18H14ClFN2O2/c1-11-16(17(22-24-11)13-5-7-15(20)8-6-13)18(23)21-10-12-3-2-4-14(19)9-12/h2-9H,10H2,1H3,(H,21,23). The van der Waals surface area contributed by atoms with Crippen LogP contribution in [0.1, 0.15) is 21.7 Å². The van der Waals surface area contributed by atoms with Crippen LogP contribution in [0.3, 0.4) is 0 Å². The number of carbonyl (C=O) groups excluding carboxylic acids is 1. The number of benzene rings is 2. The van der Waals surface area contributed by atoms with E-state index in [0.717, 1.165) is 5.56 Å². The molecule has 6 heteroatoms. The fraction of sp³-hybridized carbons (Fsp3) is 0.111. The molecule has 3 rings (SSSR count). The number of hydrogen-bond acceptors (Lipinski definition) is 3. The van der Waals surface area contributed by atoms with Gasteiger partial charge in [0.1, 0.15) is 22.8 Å². The van der Waals surface area contributed by atoms with Gasteiger partial charge in [0.2, 0.25) is 0 Å². The molecule has 0 atom stereocenters. The second kappa shape index (κ2) is 6.84. The third kappa shape index (κ3) is 3.46. The van der Waals surface area contributed by atoms with Gasteiger partial charge in [0.25, 0.3) is 5.91 Å². The van der Waals surface area contributed by atoms with Gasteiger partial charge >= 0.3 is 0 Å². The Morgan fingerprint density at radius 3 is 2.71 bits per heavy atom. The van der Waals surface area contributed by atoms with Gasteiger partial charge in [-0.25, -0.2) is 4.39 Å². The summed E-state index contributed by atoms with van der Waals surface area (Å²) in [6, 6.07) is 13.0. The molecule has 0 saturated heterocycles. The second-order valence-electron chi connectivity index (χ2n) is 5.28. The monoisotopic (exact) mass is 344 g/mol. The molecule has 2 aromatic carbocycles. The lowest BCUT2D eigenvalue weighted by Gasteiger charge is -2.06. The summed E-state index contributed by atoms with van der Waals surface area (Å²) < 4.78 is 18.2. The van der Waals surface area contributed by atoms with Gasteiger partial charge in [-0.2, -0.15) is 0 Å². The summed E-state index contributed by atoms with van der Waals surface area (Å²) in [4.78, 5) is 12.5. The fourth-order valence-electron chi connectivity index (χ4n) is 2.36. The van der Waals surface area contributed by atoms with Gasteiger partial charge in [0.15, 0.2) is 0 Å². The molecular weight excluding hydrogens is 331 g/mol. The topological polar surface area (TPSA) is 55.1 Å². The molecule has 3 aromatic rings. The molecule has 1 heterocycles. The molecule has 1 amide bonds. The molecule has 122 valence electrons. The van der Waals surface area contributed by atoms with Crippen molar-refractivity contribution in [3.8, 4) is 11.3 Å². The fourth-order valence-corrected chi connectivity index (χ4v) is 2.57. The van der Waals surface area contributed by atoms with E-state index < -0.39 is 0 Å². The number of rotatable bonds is 4. The quantitative estimate of drug-likeness (QED) is 0.764. The van der Waals surface area contributed by atoms with Crippen molar-refractivity contribution in [3.63, 3.8) is 0 Å². The number of carbonyl (C=O) groups is 1. The predicted molar refractivity (Wildman–Crippen MR) is 89.3 cm³/mol. The highest BCUT2D eigenvalue weighted by molar-refractivity contribution is 6.30. The van der Waals surface area contributed by atoms with Gasteiger partial charge in [0, 0.05) is 17.1 Å². The number of aromatic nitrogens is 1. The van der Waals surface area contributed by atoms with Crippen LogP contribution in [0, 0.1) is 12.7 Å². The summed E-state index contributed by atoms with van der Waals surface area (Å²) in [6.45, 7) is 1.99. The molecule has 0 unspecified atom stereocenters. The van der Waals surface area contributed by atoms with Crippen LogP contribution in [-0.4, -0.2) is 11.1 Å². The van der Waals surface area contributed by atoms with Gasteiger partial charge in [-0.15, -0.1) is 0 Å². The highest BCUT2D eigenvalue weighted by Crippen LogP contribution is 2.25. The lowest BCUT2D eigenvalue weighted by molar-refractivity contribution is 0.0950. The second-order valence-corrected chi connectivity index (χ2v) is 5.72. The SMILES string of the molecule is Cc1onc(-c2ccc(F)cc2)c1C(=O)NCc1cccc(Cl)c1.